The Kier molecular flexibility index (Phi) is 10.8. The van der Waals surface area contributed by atoms with E-state index in [0.29, 0.717) is 0 Å². The summed E-state index contributed by atoms with van der Waals surface area (Å²) >= 11 is -10.5. The van der Waals surface area contributed by atoms with Crippen molar-refractivity contribution in [1.29, 1.82) is 0 Å². The van der Waals surface area contributed by atoms with Gasteiger partial charge in [-0.25, -0.2) is 0 Å². The topological polar surface area (TPSA) is 149 Å². The van der Waals surface area contributed by atoms with Gasteiger partial charge in [-0.2, -0.15) is 0 Å². The second-order valence-corrected chi connectivity index (χ2v) is 4.65. The van der Waals surface area contributed by atoms with Crippen LogP contribution < -0.4 is 29.6 Å². The molecule has 0 bridgehead atoms. The van der Waals surface area contributed by atoms with Crippen molar-refractivity contribution in [1.82, 2.24) is 0 Å². The first-order chi connectivity index (χ1) is 4.00. The number of rotatable bonds is 0. The molecule has 0 rings (SSSR count). The van der Waals surface area contributed by atoms with Crippen molar-refractivity contribution in [3.8, 4) is 0 Å². The minimum absolute atomic E-state index is 0. The van der Waals surface area contributed by atoms with Gasteiger partial charge < -0.3 is 1.43 Å². The van der Waals surface area contributed by atoms with Crippen LogP contribution in [-0.4, -0.2) is 43.5 Å². The van der Waals surface area contributed by atoms with Crippen molar-refractivity contribution in [2.24, 2.45) is 0 Å². The molecule has 0 aliphatic carbocycles. The first-order valence-electron chi connectivity index (χ1n) is 1.40. The third-order valence-corrected chi connectivity index (χ3v) is 0. The van der Waals surface area contributed by atoms with Crippen molar-refractivity contribution >= 4 is 26.7 Å². The summed E-state index contributed by atoms with van der Waals surface area (Å²) in [6, 6.07) is 0. The molecule has 11 heteroatoms. The van der Waals surface area contributed by atoms with Gasteiger partial charge in [-0.3, -0.25) is 0 Å². The molecule has 0 amide bonds. The van der Waals surface area contributed by atoms with E-state index in [1.165, 1.54) is 0 Å². The van der Waals surface area contributed by atoms with E-state index in [1.54, 1.807) is 0 Å². The van der Waals surface area contributed by atoms with Crippen LogP contribution in [0.15, 0.2) is 0 Å². The summed E-state index contributed by atoms with van der Waals surface area (Å²) in [6.07, 6.45) is 0. The zero-order valence-electron chi connectivity index (χ0n) is 6.24. The molecule has 0 saturated carbocycles. The van der Waals surface area contributed by atoms with Gasteiger partial charge in [-0.15, -0.1) is 0 Å². The zero-order chi connectivity index (χ0) is 9.00. The quantitative estimate of drug-likeness (QED) is 0.323. The Bertz CT molecular complexity index is 213. The molecule has 0 radical (unpaired) electrons. The maximum absolute atomic E-state index is 8.82. The molecule has 0 aromatic carbocycles. The third kappa shape index (κ3) is 784. The van der Waals surface area contributed by atoms with E-state index in [2.05, 4.69) is 0 Å². The van der Waals surface area contributed by atoms with Crippen LogP contribution in [-0.2, 0) is 15.3 Å². The Morgan fingerprint density at radius 1 is 0.727 bits per heavy atom. The fraction of sp³-hybridized carbons (Fsp3) is 0. The number of hydrogen-bond acceptors (Lipinski definition) is 4. The maximum Gasteiger partial charge on any atom is 1.00 e. The summed E-state index contributed by atoms with van der Waals surface area (Å²) < 4.78 is 63.8. The summed E-state index contributed by atoms with van der Waals surface area (Å²) in [4.78, 5) is 0. The predicted molar refractivity (Wildman–Crippen MR) is 24.2 cm³/mol. The molecular formula is H5NaO8Se2. The Hall–Kier alpha value is 1.08. The van der Waals surface area contributed by atoms with Crippen LogP contribution in [0.3, 0.4) is 0 Å². The molecule has 0 aliphatic rings. The molecule has 11 heavy (non-hydrogen) atoms. The molecule has 4 N–H and O–H groups in total. The molecule has 0 aliphatic heterocycles. The summed E-state index contributed by atoms with van der Waals surface area (Å²) in [6.45, 7) is 0. The Labute approximate surface area is 89.2 Å². The Morgan fingerprint density at radius 3 is 0.727 bits per heavy atom. The number of hydrogen-bond donors (Lipinski definition) is 4. The average molecular weight is 314 g/mol. The van der Waals surface area contributed by atoms with Crippen LogP contribution in [0, 0.1) is 0 Å². The van der Waals surface area contributed by atoms with E-state index >= 15 is 0 Å². The van der Waals surface area contributed by atoms with Gasteiger partial charge in [0.05, 0.1) is 0 Å². The van der Waals surface area contributed by atoms with Crippen LogP contribution in [0.5, 0.6) is 0 Å². The van der Waals surface area contributed by atoms with E-state index in [1.807, 2.05) is 0 Å². The van der Waals surface area contributed by atoms with Crippen LogP contribution in [0.25, 0.3) is 0 Å². The van der Waals surface area contributed by atoms with Crippen molar-refractivity contribution in [2.75, 3.05) is 0 Å². The Balaban J connectivity index is -0.0000000457. The largest absolute Gasteiger partial charge is 1.00 e. The van der Waals surface area contributed by atoms with E-state index in [0.717, 1.165) is 0 Å². The fourth-order valence-electron chi connectivity index (χ4n) is 0. The van der Waals surface area contributed by atoms with Gasteiger partial charge in [0.1, 0.15) is 0 Å². The second-order valence-electron chi connectivity index (χ2n) is 0.896. The molecule has 0 unspecified atom stereocenters. The first kappa shape index (κ1) is 18.0. The van der Waals surface area contributed by atoms with Gasteiger partial charge in [0.25, 0.3) is 0 Å². The van der Waals surface area contributed by atoms with E-state index in [-0.39, 0.29) is 31.0 Å². The van der Waals surface area contributed by atoms with Gasteiger partial charge >= 0.3 is 88.4 Å². The van der Waals surface area contributed by atoms with Crippen molar-refractivity contribution < 1.29 is 63.1 Å². The molecule has 0 aromatic heterocycles. The van der Waals surface area contributed by atoms with Gasteiger partial charge in [0.15, 0.2) is 0 Å². The van der Waals surface area contributed by atoms with E-state index < -0.39 is 26.7 Å². The average Bonchev–Trinajstić information content (AvgIpc) is 1.12. The standard InChI is InChI=1S/Na.2H2O4Se.H/c;2*1-5(2,3)4;/h;2*(H2,1,2,3,4);/q+1;;;-1. The van der Waals surface area contributed by atoms with Crippen LogP contribution >= 0.6 is 0 Å². The Morgan fingerprint density at radius 2 is 0.727 bits per heavy atom. The second kappa shape index (κ2) is 6.58. The molecule has 0 saturated heterocycles. The third-order valence-electron chi connectivity index (χ3n) is 0. The first-order valence-corrected chi connectivity index (χ1v) is 7.26. The minimum Gasteiger partial charge on any atom is -1.00 e. The summed E-state index contributed by atoms with van der Waals surface area (Å²) in [7, 11) is 0. The van der Waals surface area contributed by atoms with Gasteiger partial charge in [-0.1, -0.05) is 0 Å². The predicted octanol–water partition coefficient (Wildman–Crippen LogP) is -6.35. The minimum atomic E-state index is -5.25. The molecule has 0 atom stereocenters. The molecule has 8 nitrogen and oxygen atoms in total. The molecular weight excluding hydrogens is 309 g/mol. The fourth-order valence-corrected chi connectivity index (χ4v) is 0. The monoisotopic (exact) mass is 316 g/mol. The zero-order valence-corrected chi connectivity index (χ0v) is 10.7. The summed E-state index contributed by atoms with van der Waals surface area (Å²) in [5.74, 6) is 0. The van der Waals surface area contributed by atoms with Gasteiger partial charge in [-0.05, 0) is 0 Å². The summed E-state index contributed by atoms with van der Waals surface area (Å²) in [5, 5.41) is 0. The van der Waals surface area contributed by atoms with Crippen LogP contribution in [0.1, 0.15) is 1.43 Å². The van der Waals surface area contributed by atoms with Crippen LogP contribution in [0.2, 0.25) is 0 Å². The van der Waals surface area contributed by atoms with E-state index in [4.69, 9.17) is 32.1 Å². The molecule has 66 valence electrons. The van der Waals surface area contributed by atoms with Crippen molar-refractivity contribution in [3.05, 3.63) is 0 Å². The SMILES string of the molecule is O=[Se](=O)(O)O.O=[Se](=O)(O)O.[H-].[Na+]. The van der Waals surface area contributed by atoms with Gasteiger partial charge in [0, 0.05) is 0 Å². The van der Waals surface area contributed by atoms with Crippen molar-refractivity contribution in [3.63, 3.8) is 0 Å². The summed E-state index contributed by atoms with van der Waals surface area (Å²) in [5.41, 5.74) is 0. The molecule has 0 heterocycles. The maximum atomic E-state index is 8.82. The van der Waals surface area contributed by atoms with Crippen molar-refractivity contribution in [2.45, 2.75) is 0 Å². The smallest absolute Gasteiger partial charge is 1.00 e. The van der Waals surface area contributed by atoms with E-state index in [9.17, 15) is 0 Å². The van der Waals surface area contributed by atoms with Gasteiger partial charge in [0.2, 0.25) is 0 Å². The molecule has 0 spiro atoms. The van der Waals surface area contributed by atoms with Crippen LogP contribution in [0.4, 0.5) is 0 Å². The molecule has 0 aromatic rings. The molecule has 0 fully saturated rings. The normalized spacial score (nSPS) is 10.5.